The summed E-state index contributed by atoms with van der Waals surface area (Å²) in [5.41, 5.74) is 0.447. The second kappa shape index (κ2) is 8.10. The SMILES string of the molecule is CCOc1ccccc1C(=O)NCCOCC(=O)O. The van der Waals surface area contributed by atoms with Crippen LogP contribution in [0.5, 0.6) is 5.75 Å². The topological polar surface area (TPSA) is 84.9 Å². The maximum absolute atomic E-state index is 11.9. The van der Waals surface area contributed by atoms with Gasteiger partial charge in [-0.3, -0.25) is 4.79 Å². The van der Waals surface area contributed by atoms with Crippen molar-refractivity contribution in [1.82, 2.24) is 5.32 Å². The maximum atomic E-state index is 11.9. The number of aliphatic carboxylic acids is 1. The van der Waals surface area contributed by atoms with Gasteiger partial charge in [-0.2, -0.15) is 0 Å². The lowest BCUT2D eigenvalue weighted by atomic mass is 10.2. The molecule has 0 fully saturated rings. The molecule has 1 aromatic carbocycles. The molecule has 0 spiro atoms. The monoisotopic (exact) mass is 267 g/mol. The zero-order chi connectivity index (χ0) is 14.1. The summed E-state index contributed by atoms with van der Waals surface area (Å²) < 4.78 is 10.2. The molecule has 0 atom stereocenters. The lowest BCUT2D eigenvalue weighted by molar-refractivity contribution is -0.142. The zero-order valence-electron chi connectivity index (χ0n) is 10.7. The standard InChI is InChI=1S/C13H17NO5/c1-2-19-11-6-4-3-5-10(11)13(17)14-7-8-18-9-12(15)16/h3-6H,2,7-9H2,1H3,(H,14,17)(H,15,16). The van der Waals surface area contributed by atoms with Crippen molar-refractivity contribution in [3.63, 3.8) is 0 Å². The van der Waals surface area contributed by atoms with Gasteiger partial charge in [-0.15, -0.1) is 0 Å². The molecular weight excluding hydrogens is 250 g/mol. The Labute approximate surface area is 111 Å². The Bertz CT molecular complexity index is 433. The van der Waals surface area contributed by atoms with Gasteiger partial charge in [-0.05, 0) is 19.1 Å². The van der Waals surface area contributed by atoms with E-state index in [1.807, 2.05) is 6.92 Å². The molecule has 0 heterocycles. The number of benzene rings is 1. The minimum atomic E-state index is -1.03. The maximum Gasteiger partial charge on any atom is 0.329 e. The third kappa shape index (κ3) is 5.39. The summed E-state index contributed by atoms with van der Waals surface area (Å²) in [6, 6.07) is 6.92. The summed E-state index contributed by atoms with van der Waals surface area (Å²) in [5, 5.41) is 11.0. The summed E-state index contributed by atoms with van der Waals surface area (Å²) in [4.78, 5) is 22.1. The first-order valence-corrected chi connectivity index (χ1v) is 5.94. The molecule has 0 saturated carbocycles. The second-order valence-electron chi connectivity index (χ2n) is 3.63. The van der Waals surface area contributed by atoms with Crippen LogP contribution < -0.4 is 10.1 Å². The Morgan fingerprint density at radius 1 is 1.32 bits per heavy atom. The van der Waals surface area contributed by atoms with E-state index in [-0.39, 0.29) is 25.7 Å². The van der Waals surface area contributed by atoms with Gasteiger partial charge in [0.2, 0.25) is 0 Å². The van der Waals surface area contributed by atoms with Crippen molar-refractivity contribution in [3.8, 4) is 5.75 Å². The van der Waals surface area contributed by atoms with Crippen molar-refractivity contribution < 1.29 is 24.2 Å². The molecule has 0 unspecified atom stereocenters. The fourth-order valence-corrected chi connectivity index (χ4v) is 1.43. The highest BCUT2D eigenvalue weighted by molar-refractivity contribution is 5.96. The predicted molar refractivity (Wildman–Crippen MR) is 68.4 cm³/mol. The van der Waals surface area contributed by atoms with Gasteiger partial charge in [0, 0.05) is 6.54 Å². The van der Waals surface area contributed by atoms with Crippen molar-refractivity contribution >= 4 is 11.9 Å². The van der Waals surface area contributed by atoms with Crippen molar-refractivity contribution in [3.05, 3.63) is 29.8 Å². The van der Waals surface area contributed by atoms with Gasteiger partial charge in [0.1, 0.15) is 12.4 Å². The summed E-state index contributed by atoms with van der Waals surface area (Å²) in [7, 11) is 0. The average molecular weight is 267 g/mol. The number of carbonyl (C=O) groups excluding carboxylic acids is 1. The van der Waals surface area contributed by atoms with Gasteiger partial charge in [0.05, 0.1) is 18.8 Å². The highest BCUT2D eigenvalue weighted by Crippen LogP contribution is 2.17. The minimum absolute atomic E-state index is 0.148. The third-order valence-electron chi connectivity index (χ3n) is 2.19. The van der Waals surface area contributed by atoms with E-state index in [1.54, 1.807) is 24.3 Å². The number of para-hydroxylation sites is 1. The molecule has 0 radical (unpaired) electrons. The van der Waals surface area contributed by atoms with Crippen LogP contribution in [-0.2, 0) is 9.53 Å². The fraction of sp³-hybridized carbons (Fsp3) is 0.385. The molecule has 1 aromatic rings. The number of amides is 1. The van der Waals surface area contributed by atoms with Gasteiger partial charge < -0.3 is 19.9 Å². The van der Waals surface area contributed by atoms with Gasteiger partial charge in [0.15, 0.2) is 0 Å². The van der Waals surface area contributed by atoms with E-state index in [1.165, 1.54) is 0 Å². The van der Waals surface area contributed by atoms with Crippen molar-refractivity contribution in [2.45, 2.75) is 6.92 Å². The molecule has 1 rings (SSSR count). The lowest BCUT2D eigenvalue weighted by Crippen LogP contribution is -2.28. The fourth-order valence-electron chi connectivity index (χ4n) is 1.43. The molecule has 0 aromatic heterocycles. The number of rotatable bonds is 8. The first-order chi connectivity index (χ1) is 9.15. The van der Waals surface area contributed by atoms with E-state index >= 15 is 0 Å². The predicted octanol–water partition coefficient (Wildman–Crippen LogP) is 0.916. The van der Waals surface area contributed by atoms with Crippen molar-refractivity contribution in [2.24, 2.45) is 0 Å². The van der Waals surface area contributed by atoms with Crippen molar-refractivity contribution in [1.29, 1.82) is 0 Å². The highest BCUT2D eigenvalue weighted by atomic mass is 16.5. The van der Waals surface area contributed by atoms with Crippen molar-refractivity contribution in [2.75, 3.05) is 26.4 Å². The largest absolute Gasteiger partial charge is 0.493 e. The van der Waals surface area contributed by atoms with Crippen LogP contribution in [0, 0.1) is 0 Å². The highest BCUT2D eigenvalue weighted by Gasteiger charge is 2.10. The van der Waals surface area contributed by atoms with Crippen LogP contribution in [0.4, 0.5) is 0 Å². The molecule has 0 bridgehead atoms. The van der Waals surface area contributed by atoms with Gasteiger partial charge in [-0.25, -0.2) is 4.79 Å². The van der Waals surface area contributed by atoms with Crippen LogP contribution in [0.15, 0.2) is 24.3 Å². The second-order valence-corrected chi connectivity index (χ2v) is 3.63. The average Bonchev–Trinajstić information content (AvgIpc) is 2.39. The number of hydrogen-bond acceptors (Lipinski definition) is 4. The Morgan fingerprint density at radius 3 is 2.74 bits per heavy atom. The first kappa shape index (κ1) is 15.0. The van der Waals surface area contributed by atoms with Crippen LogP contribution in [-0.4, -0.2) is 43.3 Å². The summed E-state index contributed by atoms with van der Waals surface area (Å²) in [6.07, 6.45) is 0. The normalized spacial score (nSPS) is 9.95. The quantitative estimate of drug-likeness (QED) is 0.684. The Kier molecular flexibility index (Phi) is 6.38. The smallest absolute Gasteiger partial charge is 0.329 e. The van der Waals surface area contributed by atoms with E-state index in [9.17, 15) is 9.59 Å². The third-order valence-corrected chi connectivity index (χ3v) is 2.19. The molecular formula is C13H17NO5. The molecule has 0 aliphatic heterocycles. The number of carboxylic acid groups (broad SMARTS) is 1. The van der Waals surface area contributed by atoms with Crippen LogP contribution >= 0.6 is 0 Å². The van der Waals surface area contributed by atoms with Crippen LogP contribution in [0.1, 0.15) is 17.3 Å². The van der Waals surface area contributed by atoms with Crippen LogP contribution in [0.2, 0.25) is 0 Å². The Balaban J connectivity index is 2.43. The van der Waals surface area contributed by atoms with Gasteiger partial charge in [0.25, 0.3) is 5.91 Å². The van der Waals surface area contributed by atoms with Gasteiger partial charge in [-0.1, -0.05) is 12.1 Å². The van der Waals surface area contributed by atoms with E-state index in [4.69, 9.17) is 14.6 Å². The van der Waals surface area contributed by atoms with E-state index in [0.29, 0.717) is 17.9 Å². The first-order valence-electron chi connectivity index (χ1n) is 5.94. The molecule has 6 nitrogen and oxygen atoms in total. The van der Waals surface area contributed by atoms with E-state index in [2.05, 4.69) is 5.32 Å². The number of carboxylic acids is 1. The number of ether oxygens (including phenoxy) is 2. The lowest BCUT2D eigenvalue weighted by Gasteiger charge is -2.10. The molecule has 0 saturated heterocycles. The molecule has 2 N–H and O–H groups in total. The molecule has 0 aliphatic rings. The summed E-state index contributed by atoms with van der Waals surface area (Å²) >= 11 is 0. The molecule has 1 amide bonds. The number of nitrogens with one attached hydrogen (secondary N) is 1. The Morgan fingerprint density at radius 2 is 2.05 bits per heavy atom. The number of hydrogen-bond donors (Lipinski definition) is 2. The number of carbonyl (C=O) groups is 2. The van der Waals surface area contributed by atoms with Crippen LogP contribution in [0.3, 0.4) is 0 Å². The summed E-state index contributed by atoms with van der Waals surface area (Å²) in [5.74, 6) is -0.787. The van der Waals surface area contributed by atoms with E-state index < -0.39 is 5.97 Å². The Hall–Kier alpha value is -2.08. The van der Waals surface area contributed by atoms with Gasteiger partial charge >= 0.3 is 5.97 Å². The van der Waals surface area contributed by atoms with Crippen LogP contribution in [0.25, 0.3) is 0 Å². The zero-order valence-corrected chi connectivity index (χ0v) is 10.7. The molecule has 104 valence electrons. The minimum Gasteiger partial charge on any atom is -0.493 e. The van der Waals surface area contributed by atoms with E-state index in [0.717, 1.165) is 0 Å². The molecule has 19 heavy (non-hydrogen) atoms. The summed E-state index contributed by atoms with van der Waals surface area (Å²) in [6.45, 7) is 2.34. The molecule has 0 aliphatic carbocycles. The molecule has 6 heteroatoms.